The van der Waals surface area contributed by atoms with Gasteiger partial charge in [0.15, 0.2) is 0 Å². The molecule has 7 heteroatoms. The van der Waals surface area contributed by atoms with Gasteiger partial charge in [-0.15, -0.1) is 0 Å². The molecule has 0 spiro atoms. The highest BCUT2D eigenvalue weighted by Gasteiger charge is 2.45. The summed E-state index contributed by atoms with van der Waals surface area (Å²) in [5.74, 6) is -0.339. The molecule has 0 saturated carbocycles. The van der Waals surface area contributed by atoms with Crippen LogP contribution in [0.5, 0.6) is 0 Å². The summed E-state index contributed by atoms with van der Waals surface area (Å²) in [7, 11) is -3.15. The number of esters is 1. The lowest BCUT2D eigenvalue weighted by Gasteiger charge is -2.28. The Morgan fingerprint density at radius 2 is 1.15 bits per heavy atom. The van der Waals surface area contributed by atoms with Gasteiger partial charge in [0.05, 0.1) is 6.61 Å². The standard InChI is InChI=1S/C19H38O6Si/c1-5-9-15-22-26(23-16-10-6-2,24-17-11-7-3)25-18-12-14-21-19(20)13-8-4/h8,13H,5-7,9-12,14-18H2,1-4H3. The van der Waals surface area contributed by atoms with E-state index in [1.807, 2.05) is 0 Å². The fraction of sp³-hybridized carbons (Fsp3) is 0.842. The third-order valence-corrected chi connectivity index (χ3v) is 5.68. The molecule has 0 N–H and O–H groups in total. The van der Waals surface area contributed by atoms with Crippen LogP contribution in [0.4, 0.5) is 0 Å². The zero-order valence-corrected chi connectivity index (χ0v) is 18.1. The third kappa shape index (κ3) is 13.5. The topological polar surface area (TPSA) is 63.2 Å². The molecule has 154 valence electrons. The molecule has 0 aromatic rings. The van der Waals surface area contributed by atoms with Crippen molar-refractivity contribution in [3.63, 3.8) is 0 Å². The molecule has 6 nitrogen and oxygen atoms in total. The Bertz CT molecular complexity index is 335. The Hall–Kier alpha value is -0.733. The van der Waals surface area contributed by atoms with Gasteiger partial charge in [0, 0.05) is 38.9 Å². The molecule has 0 unspecified atom stereocenters. The van der Waals surface area contributed by atoms with Crippen molar-refractivity contribution >= 4 is 15.0 Å². The lowest BCUT2D eigenvalue weighted by molar-refractivity contribution is -0.138. The summed E-state index contributed by atoms with van der Waals surface area (Å²) in [6.45, 7) is 10.5. The van der Waals surface area contributed by atoms with Gasteiger partial charge in [-0.05, 0) is 26.2 Å². The zero-order valence-electron chi connectivity index (χ0n) is 17.1. The van der Waals surface area contributed by atoms with Crippen LogP contribution < -0.4 is 0 Å². The predicted octanol–water partition coefficient (Wildman–Crippen LogP) is 4.40. The van der Waals surface area contributed by atoms with Crippen molar-refractivity contribution in [2.75, 3.05) is 33.0 Å². The summed E-state index contributed by atoms with van der Waals surface area (Å²) < 4.78 is 29.0. The predicted molar refractivity (Wildman–Crippen MR) is 105 cm³/mol. The van der Waals surface area contributed by atoms with E-state index < -0.39 is 9.05 Å². The molecule has 0 aliphatic rings. The van der Waals surface area contributed by atoms with Crippen LogP contribution >= 0.6 is 0 Å². The van der Waals surface area contributed by atoms with E-state index in [9.17, 15) is 4.79 Å². The van der Waals surface area contributed by atoms with Crippen LogP contribution in [0, 0.1) is 0 Å². The first kappa shape index (κ1) is 25.3. The smallest absolute Gasteiger partial charge is 0.462 e. The van der Waals surface area contributed by atoms with Crippen molar-refractivity contribution in [2.45, 2.75) is 72.6 Å². The number of carbonyl (C=O) groups is 1. The molecule has 0 aliphatic carbocycles. The van der Waals surface area contributed by atoms with E-state index in [0.717, 1.165) is 38.5 Å². The van der Waals surface area contributed by atoms with Crippen LogP contribution in [-0.4, -0.2) is 48.1 Å². The Morgan fingerprint density at radius 3 is 1.54 bits per heavy atom. The molecular formula is C19H38O6Si. The number of unbranched alkanes of at least 4 members (excludes halogenated alkanes) is 3. The van der Waals surface area contributed by atoms with Crippen molar-refractivity contribution in [1.29, 1.82) is 0 Å². The minimum Gasteiger partial charge on any atom is -0.462 e. The van der Waals surface area contributed by atoms with Gasteiger partial charge >= 0.3 is 15.0 Å². The van der Waals surface area contributed by atoms with Crippen molar-refractivity contribution in [1.82, 2.24) is 0 Å². The molecule has 0 atom stereocenters. The second-order valence-corrected chi connectivity index (χ2v) is 8.13. The highest BCUT2D eigenvalue weighted by atomic mass is 28.4. The third-order valence-electron chi connectivity index (χ3n) is 3.44. The summed E-state index contributed by atoms with van der Waals surface area (Å²) in [5.41, 5.74) is 0. The summed E-state index contributed by atoms with van der Waals surface area (Å²) >= 11 is 0. The molecule has 0 fully saturated rings. The van der Waals surface area contributed by atoms with E-state index >= 15 is 0 Å². The first-order valence-corrected chi connectivity index (χ1v) is 11.6. The number of carbonyl (C=O) groups excluding carboxylic acids is 1. The highest BCUT2D eigenvalue weighted by molar-refractivity contribution is 6.53. The van der Waals surface area contributed by atoms with Crippen LogP contribution in [0.1, 0.15) is 72.6 Å². The lowest BCUT2D eigenvalue weighted by Crippen LogP contribution is -2.50. The maximum atomic E-state index is 11.3. The fourth-order valence-corrected chi connectivity index (χ4v) is 3.96. The van der Waals surface area contributed by atoms with Gasteiger partial charge in [-0.1, -0.05) is 46.1 Å². The Morgan fingerprint density at radius 1 is 0.731 bits per heavy atom. The molecule has 26 heavy (non-hydrogen) atoms. The van der Waals surface area contributed by atoms with Crippen molar-refractivity contribution in [3.05, 3.63) is 12.2 Å². The maximum Gasteiger partial charge on any atom is 0.679 e. The molecule has 0 aromatic heterocycles. The molecule has 0 radical (unpaired) electrons. The van der Waals surface area contributed by atoms with Gasteiger partial charge in [-0.25, -0.2) is 4.79 Å². The highest BCUT2D eigenvalue weighted by Crippen LogP contribution is 2.15. The normalized spacial score (nSPS) is 12.0. The van der Waals surface area contributed by atoms with E-state index in [-0.39, 0.29) is 5.97 Å². The minimum atomic E-state index is -3.15. The molecule has 0 heterocycles. The van der Waals surface area contributed by atoms with Crippen LogP contribution in [-0.2, 0) is 27.2 Å². The quantitative estimate of drug-likeness (QED) is 0.150. The summed E-state index contributed by atoms with van der Waals surface area (Å²) in [4.78, 5) is 11.3. The number of allylic oxidation sites excluding steroid dienone is 1. The van der Waals surface area contributed by atoms with E-state index in [1.54, 1.807) is 13.0 Å². The van der Waals surface area contributed by atoms with E-state index in [4.69, 9.17) is 22.4 Å². The molecule has 0 aliphatic heterocycles. The lowest BCUT2D eigenvalue weighted by atomic mass is 10.4. The Labute approximate surface area is 160 Å². The number of ether oxygens (including phenoxy) is 1. The summed E-state index contributed by atoms with van der Waals surface area (Å²) in [6, 6.07) is 0. The average molecular weight is 391 g/mol. The van der Waals surface area contributed by atoms with Crippen LogP contribution in [0.3, 0.4) is 0 Å². The molecule has 0 rings (SSSR count). The molecular weight excluding hydrogens is 352 g/mol. The second kappa shape index (κ2) is 17.7. The zero-order chi connectivity index (χ0) is 19.5. The van der Waals surface area contributed by atoms with Gasteiger partial charge in [0.25, 0.3) is 0 Å². The molecule has 0 amide bonds. The molecule has 0 aromatic carbocycles. The number of rotatable bonds is 18. The van der Waals surface area contributed by atoms with Crippen LogP contribution in [0.25, 0.3) is 0 Å². The Balaban J connectivity index is 4.57. The van der Waals surface area contributed by atoms with Crippen LogP contribution in [0.15, 0.2) is 12.2 Å². The van der Waals surface area contributed by atoms with Crippen molar-refractivity contribution < 1.29 is 27.2 Å². The van der Waals surface area contributed by atoms with E-state index in [2.05, 4.69) is 20.8 Å². The van der Waals surface area contributed by atoms with Gasteiger partial charge in [-0.2, -0.15) is 0 Å². The number of hydrogen-bond donors (Lipinski definition) is 0. The van der Waals surface area contributed by atoms with Gasteiger partial charge < -0.3 is 22.4 Å². The fourth-order valence-electron chi connectivity index (χ4n) is 1.89. The SMILES string of the molecule is CC=CC(=O)OCCCO[Si](OCCCC)(OCCCC)OCCCC. The monoisotopic (exact) mass is 390 g/mol. The molecule has 0 bridgehead atoms. The number of hydrogen-bond acceptors (Lipinski definition) is 6. The average Bonchev–Trinajstić information content (AvgIpc) is 2.62. The first-order valence-electron chi connectivity index (χ1n) is 9.99. The van der Waals surface area contributed by atoms with Gasteiger partial charge in [-0.3, -0.25) is 0 Å². The van der Waals surface area contributed by atoms with Crippen molar-refractivity contribution in [2.24, 2.45) is 0 Å². The summed E-state index contributed by atoms with van der Waals surface area (Å²) in [5, 5.41) is 0. The van der Waals surface area contributed by atoms with E-state index in [1.165, 1.54) is 6.08 Å². The maximum absolute atomic E-state index is 11.3. The minimum absolute atomic E-state index is 0.298. The van der Waals surface area contributed by atoms with Crippen LogP contribution in [0.2, 0.25) is 0 Å². The van der Waals surface area contributed by atoms with E-state index in [0.29, 0.717) is 39.5 Å². The molecule has 0 saturated heterocycles. The Kier molecular flexibility index (Phi) is 17.2. The summed E-state index contributed by atoms with van der Waals surface area (Å²) in [6.07, 6.45) is 9.55. The largest absolute Gasteiger partial charge is 0.679 e. The first-order chi connectivity index (χ1) is 12.6. The van der Waals surface area contributed by atoms with Gasteiger partial charge in [0.2, 0.25) is 0 Å². The second-order valence-electron chi connectivity index (χ2n) is 5.98. The van der Waals surface area contributed by atoms with Gasteiger partial charge in [0.1, 0.15) is 0 Å². The van der Waals surface area contributed by atoms with Crippen molar-refractivity contribution in [3.8, 4) is 0 Å².